The molecule has 3 nitrogen and oxygen atoms in total. The monoisotopic (exact) mass is 325 g/mol. The summed E-state index contributed by atoms with van der Waals surface area (Å²) in [5.41, 5.74) is 5.62. The Bertz CT molecular complexity index is 1050. The minimum Gasteiger partial charge on any atom is -0.372 e. The first-order valence-corrected chi connectivity index (χ1v) is 8.87. The van der Waals surface area contributed by atoms with E-state index in [0.717, 1.165) is 27.4 Å². The second-order valence-electron chi connectivity index (χ2n) is 6.68. The lowest BCUT2D eigenvalue weighted by Crippen LogP contribution is -2.17. The molecule has 1 aliphatic rings. The van der Waals surface area contributed by atoms with Crippen LogP contribution in [-0.2, 0) is 0 Å². The van der Waals surface area contributed by atoms with Crippen molar-refractivity contribution in [3.8, 4) is 11.1 Å². The van der Waals surface area contributed by atoms with E-state index >= 15 is 0 Å². The maximum absolute atomic E-state index is 4.71. The van der Waals surface area contributed by atoms with Crippen LogP contribution in [0.2, 0.25) is 0 Å². The molecule has 3 heterocycles. The van der Waals surface area contributed by atoms with Gasteiger partial charge in [-0.15, -0.1) is 0 Å². The third-order valence-corrected chi connectivity index (χ3v) is 5.09. The van der Waals surface area contributed by atoms with Crippen molar-refractivity contribution in [2.45, 2.75) is 12.8 Å². The van der Waals surface area contributed by atoms with Crippen LogP contribution in [0, 0.1) is 0 Å². The number of hydrogen-bond acceptors (Lipinski definition) is 3. The van der Waals surface area contributed by atoms with Crippen molar-refractivity contribution in [2.75, 3.05) is 18.0 Å². The van der Waals surface area contributed by atoms with Crippen molar-refractivity contribution >= 4 is 27.5 Å². The van der Waals surface area contributed by atoms with E-state index in [9.17, 15) is 0 Å². The molecule has 122 valence electrons. The summed E-state index contributed by atoms with van der Waals surface area (Å²) in [4.78, 5) is 11.7. The van der Waals surface area contributed by atoms with E-state index in [1.54, 1.807) is 0 Å². The first-order chi connectivity index (χ1) is 12.4. The maximum Gasteiger partial charge on any atom is 0.0964 e. The molecule has 25 heavy (non-hydrogen) atoms. The van der Waals surface area contributed by atoms with Gasteiger partial charge in [-0.25, -0.2) is 0 Å². The summed E-state index contributed by atoms with van der Waals surface area (Å²) in [6.07, 6.45) is 6.40. The Morgan fingerprint density at radius 3 is 2.32 bits per heavy atom. The van der Waals surface area contributed by atoms with Crippen LogP contribution in [0.1, 0.15) is 12.8 Å². The number of nitrogens with zero attached hydrogens (tertiary/aromatic N) is 3. The smallest absolute Gasteiger partial charge is 0.0964 e. The zero-order chi connectivity index (χ0) is 16.6. The normalized spacial score (nSPS) is 14.5. The molecule has 1 aliphatic heterocycles. The van der Waals surface area contributed by atoms with E-state index in [4.69, 9.17) is 4.98 Å². The summed E-state index contributed by atoms with van der Waals surface area (Å²) in [5.74, 6) is 0. The van der Waals surface area contributed by atoms with Crippen LogP contribution < -0.4 is 4.90 Å². The van der Waals surface area contributed by atoms with Gasteiger partial charge in [0.25, 0.3) is 0 Å². The van der Waals surface area contributed by atoms with Gasteiger partial charge < -0.3 is 4.90 Å². The summed E-state index contributed by atoms with van der Waals surface area (Å²) in [5, 5.41) is 2.26. The van der Waals surface area contributed by atoms with Crippen molar-refractivity contribution in [1.29, 1.82) is 0 Å². The van der Waals surface area contributed by atoms with Crippen molar-refractivity contribution in [3.63, 3.8) is 0 Å². The van der Waals surface area contributed by atoms with E-state index in [0.29, 0.717) is 0 Å². The molecule has 3 heteroatoms. The average Bonchev–Trinajstić information content (AvgIpc) is 3.22. The van der Waals surface area contributed by atoms with Gasteiger partial charge in [-0.1, -0.05) is 30.3 Å². The molecule has 0 bridgehead atoms. The molecule has 4 aromatic rings. The molecule has 0 radical (unpaired) electrons. The highest BCUT2D eigenvalue weighted by Gasteiger charge is 2.12. The van der Waals surface area contributed by atoms with Crippen LogP contribution in [0.5, 0.6) is 0 Å². The lowest BCUT2D eigenvalue weighted by atomic mass is 10.0. The highest BCUT2D eigenvalue weighted by Crippen LogP contribution is 2.28. The van der Waals surface area contributed by atoms with E-state index in [-0.39, 0.29) is 0 Å². The Hall–Kier alpha value is -2.94. The second kappa shape index (κ2) is 5.85. The lowest BCUT2D eigenvalue weighted by molar-refractivity contribution is 0.949. The molecule has 0 spiro atoms. The van der Waals surface area contributed by atoms with E-state index in [1.165, 1.54) is 37.2 Å². The molecule has 1 fully saturated rings. The highest BCUT2D eigenvalue weighted by molar-refractivity contribution is 6.03. The Kier molecular flexibility index (Phi) is 3.37. The van der Waals surface area contributed by atoms with Gasteiger partial charge in [0.15, 0.2) is 0 Å². The number of hydrogen-bond donors (Lipinski definition) is 0. The second-order valence-corrected chi connectivity index (χ2v) is 6.68. The molecule has 1 saturated heterocycles. The Morgan fingerprint density at radius 2 is 1.48 bits per heavy atom. The predicted molar refractivity (Wildman–Crippen MR) is 104 cm³/mol. The van der Waals surface area contributed by atoms with Gasteiger partial charge in [0.2, 0.25) is 0 Å². The van der Waals surface area contributed by atoms with Crippen LogP contribution >= 0.6 is 0 Å². The Labute approximate surface area is 147 Å². The fraction of sp³-hybridized carbons (Fsp3) is 0.182. The van der Waals surface area contributed by atoms with Gasteiger partial charge in [-0.3, -0.25) is 9.97 Å². The van der Waals surface area contributed by atoms with E-state index in [2.05, 4.69) is 58.4 Å². The Morgan fingerprint density at radius 1 is 0.720 bits per heavy atom. The first kappa shape index (κ1) is 14.4. The SMILES string of the molecule is c1cnc2c(c1)ccc1cc(-c3ccc(N4CCCC4)cc3)cnc12. The lowest BCUT2D eigenvalue weighted by Gasteiger charge is -2.17. The molecule has 0 atom stereocenters. The number of fused-ring (bicyclic) bond motifs is 3. The minimum absolute atomic E-state index is 0.968. The third-order valence-electron chi connectivity index (χ3n) is 5.09. The Balaban J connectivity index is 1.55. The number of rotatable bonds is 2. The van der Waals surface area contributed by atoms with E-state index in [1.807, 2.05) is 18.5 Å². The number of pyridine rings is 2. The topological polar surface area (TPSA) is 29.0 Å². The molecule has 0 unspecified atom stereocenters. The third kappa shape index (κ3) is 2.52. The number of aromatic nitrogens is 2. The van der Waals surface area contributed by atoms with Crippen LogP contribution in [0.25, 0.3) is 32.9 Å². The molecule has 0 saturated carbocycles. The fourth-order valence-corrected chi connectivity index (χ4v) is 3.73. The van der Waals surface area contributed by atoms with Crippen LogP contribution in [-0.4, -0.2) is 23.1 Å². The molecular formula is C22H19N3. The number of anilines is 1. The average molecular weight is 325 g/mol. The van der Waals surface area contributed by atoms with E-state index < -0.39 is 0 Å². The van der Waals surface area contributed by atoms with Crippen molar-refractivity contribution in [2.24, 2.45) is 0 Å². The molecule has 2 aromatic heterocycles. The summed E-state index contributed by atoms with van der Waals surface area (Å²) >= 11 is 0. The van der Waals surface area contributed by atoms with Crippen molar-refractivity contribution < 1.29 is 0 Å². The number of benzene rings is 2. The highest BCUT2D eigenvalue weighted by atomic mass is 15.1. The van der Waals surface area contributed by atoms with Gasteiger partial charge in [-0.2, -0.15) is 0 Å². The minimum atomic E-state index is 0.968. The molecular weight excluding hydrogens is 306 g/mol. The van der Waals surface area contributed by atoms with Gasteiger partial charge >= 0.3 is 0 Å². The summed E-state index contributed by atoms with van der Waals surface area (Å²) in [6.45, 7) is 2.36. The fourth-order valence-electron chi connectivity index (χ4n) is 3.73. The van der Waals surface area contributed by atoms with Gasteiger partial charge in [0.1, 0.15) is 0 Å². The van der Waals surface area contributed by atoms with Gasteiger partial charge in [0.05, 0.1) is 11.0 Å². The van der Waals surface area contributed by atoms with Crippen molar-refractivity contribution in [3.05, 3.63) is 67.0 Å². The van der Waals surface area contributed by atoms with Gasteiger partial charge in [-0.05, 0) is 42.7 Å². The molecule has 0 N–H and O–H groups in total. The zero-order valence-electron chi connectivity index (χ0n) is 14.0. The zero-order valence-corrected chi connectivity index (χ0v) is 14.0. The summed E-state index contributed by atoms with van der Waals surface area (Å²) in [6, 6.07) is 19.4. The summed E-state index contributed by atoms with van der Waals surface area (Å²) < 4.78 is 0. The largest absolute Gasteiger partial charge is 0.372 e. The quantitative estimate of drug-likeness (QED) is 0.483. The van der Waals surface area contributed by atoms with Crippen LogP contribution in [0.4, 0.5) is 5.69 Å². The maximum atomic E-state index is 4.71. The summed E-state index contributed by atoms with van der Waals surface area (Å²) in [7, 11) is 0. The van der Waals surface area contributed by atoms with Crippen molar-refractivity contribution in [1.82, 2.24) is 9.97 Å². The molecule has 2 aromatic carbocycles. The standard InChI is InChI=1S/C22H19N3/c1-2-13-25(12-1)20-9-7-16(8-10-20)19-14-18-6-5-17-4-3-11-23-21(17)22(18)24-15-19/h3-11,14-15H,1-2,12-13H2. The van der Waals surface area contributed by atoms with Gasteiger partial charge in [0, 0.05) is 47.5 Å². The molecule has 0 amide bonds. The molecule has 0 aliphatic carbocycles. The van der Waals surface area contributed by atoms with Crippen LogP contribution in [0.15, 0.2) is 67.0 Å². The van der Waals surface area contributed by atoms with Crippen LogP contribution in [0.3, 0.4) is 0 Å². The predicted octanol–water partition coefficient (Wildman–Crippen LogP) is 5.05. The molecule has 5 rings (SSSR count). The first-order valence-electron chi connectivity index (χ1n) is 8.87.